The zero-order valence-corrected chi connectivity index (χ0v) is 17.1. The summed E-state index contributed by atoms with van der Waals surface area (Å²) in [6.45, 7) is -0.735. The average molecular weight is 489 g/mol. The topological polar surface area (TPSA) is 102 Å². The summed E-state index contributed by atoms with van der Waals surface area (Å²) >= 11 is 3.14. The lowest BCUT2D eigenvalue weighted by Crippen LogP contribution is -2.26. The quantitative estimate of drug-likeness (QED) is 0.583. The molecule has 0 saturated heterocycles. The van der Waals surface area contributed by atoms with Crippen LogP contribution in [0, 0.1) is 11.6 Å². The molecule has 1 fully saturated rings. The van der Waals surface area contributed by atoms with Crippen LogP contribution in [0.25, 0.3) is 0 Å². The van der Waals surface area contributed by atoms with Crippen LogP contribution in [0.4, 0.5) is 14.5 Å². The number of benzene rings is 2. The number of nitrogens with one attached hydrogen (secondary N) is 2. The Kier molecular flexibility index (Phi) is 6.30. The van der Waals surface area contributed by atoms with Gasteiger partial charge in [0.05, 0.1) is 10.5 Å². The van der Waals surface area contributed by atoms with Crippen molar-refractivity contribution in [1.29, 1.82) is 0 Å². The fraction of sp³-hybridized carbons (Fsp3) is 0.222. The van der Waals surface area contributed by atoms with Crippen LogP contribution in [-0.4, -0.2) is 32.9 Å². The summed E-state index contributed by atoms with van der Waals surface area (Å²) in [6, 6.07) is 6.20. The second-order valence-electron chi connectivity index (χ2n) is 6.32. The molecule has 0 atom stereocenters. The third-order valence-corrected chi connectivity index (χ3v) is 6.06. The largest absolute Gasteiger partial charge is 0.452 e. The summed E-state index contributed by atoms with van der Waals surface area (Å²) in [7, 11) is -3.78. The van der Waals surface area contributed by atoms with Gasteiger partial charge in [-0.15, -0.1) is 0 Å². The third-order valence-electron chi connectivity index (χ3n) is 3.85. The van der Waals surface area contributed by atoms with Crippen LogP contribution >= 0.6 is 15.9 Å². The Morgan fingerprint density at radius 2 is 1.76 bits per heavy atom. The number of sulfonamides is 1. The van der Waals surface area contributed by atoms with Gasteiger partial charge in [-0.2, -0.15) is 0 Å². The molecule has 0 radical (unpaired) electrons. The van der Waals surface area contributed by atoms with E-state index in [1.807, 2.05) is 0 Å². The van der Waals surface area contributed by atoms with Crippen molar-refractivity contribution >= 4 is 43.5 Å². The predicted octanol–water partition coefficient (Wildman–Crippen LogP) is 2.96. The van der Waals surface area contributed by atoms with Gasteiger partial charge in [0.25, 0.3) is 5.91 Å². The average Bonchev–Trinajstić information content (AvgIpc) is 3.42. The molecule has 1 saturated carbocycles. The summed E-state index contributed by atoms with van der Waals surface area (Å²) in [5, 5.41) is 2.20. The molecule has 2 aromatic rings. The van der Waals surface area contributed by atoms with Crippen LogP contribution in [0.5, 0.6) is 0 Å². The maximum absolute atomic E-state index is 13.1. The molecule has 2 aromatic carbocycles. The summed E-state index contributed by atoms with van der Waals surface area (Å²) in [5.41, 5.74) is -0.225. The van der Waals surface area contributed by atoms with Gasteiger partial charge in [0.15, 0.2) is 6.61 Å². The molecule has 154 valence electrons. The monoisotopic (exact) mass is 488 g/mol. The SMILES string of the molecule is O=C(COC(=O)c1cc(S(=O)(=O)NC2CC2)ccc1Br)Nc1cc(F)cc(F)c1. The molecule has 29 heavy (non-hydrogen) atoms. The first-order valence-corrected chi connectivity index (χ1v) is 10.7. The molecule has 1 aliphatic carbocycles. The summed E-state index contributed by atoms with van der Waals surface area (Å²) in [5.74, 6) is -3.52. The van der Waals surface area contributed by atoms with E-state index < -0.39 is 40.1 Å². The van der Waals surface area contributed by atoms with E-state index in [1.165, 1.54) is 12.1 Å². The number of rotatable bonds is 7. The summed E-state index contributed by atoms with van der Waals surface area (Å²) in [4.78, 5) is 24.0. The molecule has 0 heterocycles. The van der Waals surface area contributed by atoms with E-state index in [2.05, 4.69) is 26.0 Å². The number of amides is 1. The Morgan fingerprint density at radius 1 is 1.10 bits per heavy atom. The van der Waals surface area contributed by atoms with Gasteiger partial charge in [-0.25, -0.2) is 26.7 Å². The van der Waals surface area contributed by atoms with E-state index in [0.29, 0.717) is 6.07 Å². The molecule has 0 spiro atoms. The Bertz CT molecular complexity index is 1050. The minimum atomic E-state index is -3.78. The highest BCUT2D eigenvalue weighted by Gasteiger charge is 2.29. The number of esters is 1. The van der Waals surface area contributed by atoms with Crippen molar-refractivity contribution in [2.45, 2.75) is 23.8 Å². The van der Waals surface area contributed by atoms with Crippen molar-refractivity contribution in [1.82, 2.24) is 4.72 Å². The summed E-state index contributed by atoms with van der Waals surface area (Å²) in [6.07, 6.45) is 1.52. The fourth-order valence-corrected chi connectivity index (χ4v) is 4.09. The molecule has 0 aliphatic heterocycles. The van der Waals surface area contributed by atoms with E-state index in [1.54, 1.807) is 0 Å². The second kappa shape index (κ2) is 8.56. The van der Waals surface area contributed by atoms with E-state index >= 15 is 0 Å². The van der Waals surface area contributed by atoms with Gasteiger partial charge < -0.3 is 10.1 Å². The highest BCUT2D eigenvalue weighted by molar-refractivity contribution is 9.10. The van der Waals surface area contributed by atoms with E-state index in [9.17, 15) is 26.8 Å². The maximum Gasteiger partial charge on any atom is 0.339 e. The van der Waals surface area contributed by atoms with E-state index in [0.717, 1.165) is 31.0 Å². The van der Waals surface area contributed by atoms with Crippen molar-refractivity contribution in [2.24, 2.45) is 0 Å². The minimum absolute atomic E-state index is 0.0896. The normalized spacial score (nSPS) is 13.8. The highest BCUT2D eigenvalue weighted by Crippen LogP contribution is 2.25. The Balaban J connectivity index is 1.65. The first-order valence-electron chi connectivity index (χ1n) is 8.39. The molecule has 3 rings (SSSR count). The van der Waals surface area contributed by atoms with Gasteiger partial charge in [-0.05, 0) is 59.1 Å². The molecular weight excluding hydrogens is 474 g/mol. The van der Waals surface area contributed by atoms with Crippen LogP contribution in [0.3, 0.4) is 0 Å². The highest BCUT2D eigenvalue weighted by atomic mass is 79.9. The standard InChI is InChI=1S/C18H15BrF2N2O5S/c19-16-4-3-14(29(26,27)23-12-1-2-12)8-15(16)18(25)28-9-17(24)22-13-6-10(20)5-11(21)7-13/h3-8,12,23H,1-2,9H2,(H,22,24). The molecule has 0 unspecified atom stereocenters. The van der Waals surface area contributed by atoms with Gasteiger partial charge in [0.1, 0.15) is 11.6 Å². The smallest absolute Gasteiger partial charge is 0.339 e. The van der Waals surface area contributed by atoms with Crippen LogP contribution < -0.4 is 10.0 Å². The Morgan fingerprint density at radius 3 is 2.38 bits per heavy atom. The molecule has 11 heteroatoms. The first kappa shape index (κ1) is 21.3. The van der Waals surface area contributed by atoms with Crippen molar-refractivity contribution in [2.75, 3.05) is 11.9 Å². The maximum atomic E-state index is 13.1. The zero-order valence-electron chi connectivity index (χ0n) is 14.7. The zero-order chi connectivity index (χ0) is 21.2. The number of anilines is 1. The van der Waals surface area contributed by atoms with Crippen LogP contribution in [0.2, 0.25) is 0 Å². The van der Waals surface area contributed by atoms with Crippen LogP contribution in [0.1, 0.15) is 23.2 Å². The minimum Gasteiger partial charge on any atom is -0.452 e. The number of carbonyl (C=O) groups excluding carboxylic acids is 2. The van der Waals surface area contributed by atoms with Crippen molar-refractivity contribution in [3.8, 4) is 0 Å². The molecule has 1 amide bonds. The third kappa shape index (κ3) is 5.81. The van der Waals surface area contributed by atoms with E-state index in [-0.39, 0.29) is 26.7 Å². The fourth-order valence-electron chi connectivity index (χ4n) is 2.35. The first-order chi connectivity index (χ1) is 13.6. The van der Waals surface area contributed by atoms with Gasteiger partial charge >= 0.3 is 5.97 Å². The predicted molar refractivity (Wildman–Crippen MR) is 103 cm³/mol. The molecule has 0 bridgehead atoms. The molecule has 0 aromatic heterocycles. The lowest BCUT2D eigenvalue weighted by Gasteiger charge is -2.10. The van der Waals surface area contributed by atoms with Gasteiger partial charge in [-0.3, -0.25) is 4.79 Å². The van der Waals surface area contributed by atoms with Gasteiger partial charge in [0.2, 0.25) is 10.0 Å². The number of hydrogen-bond donors (Lipinski definition) is 2. The second-order valence-corrected chi connectivity index (χ2v) is 8.89. The molecular formula is C18H15BrF2N2O5S. The Hall–Kier alpha value is -2.37. The lowest BCUT2D eigenvalue weighted by atomic mass is 10.2. The van der Waals surface area contributed by atoms with Crippen molar-refractivity contribution in [3.05, 3.63) is 58.1 Å². The van der Waals surface area contributed by atoms with E-state index in [4.69, 9.17) is 4.74 Å². The number of carbonyl (C=O) groups is 2. The Labute approximate surface area is 173 Å². The number of hydrogen-bond acceptors (Lipinski definition) is 5. The van der Waals surface area contributed by atoms with Gasteiger partial charge in [0, 0.05) is 22.3 Å². The lowest BCUT2D eigenvalue weighted by molar-refractivity contribution is -0.119. The number of ether oxygens (including phenoxy) is 1. The van der Waals surface area contributed by atoms with Gasteiger partial charge in [-0.1, -0.05) is 0 Å². The number of halogens is 3. The van der Waals surface area contributed by atoms with Crippen LogP contribution in [-0.2, 0) is 19.6 Å². The van der Waals surface area contributed by atoms with Crippen molar-refractivity contribution < 1.29 is 31.5 Å². The van der Waals surface area contributed by atoms with Crippen molar-refractivity contribution in [3.63, 3.8) is 0 Å². The summed E-state index contributed by atoms with van der Waals surface area (Å²) < 4.78 is 58.5. The molecule has 2 N–H and O–H groups in total. The molecule has 7 nitrogen and oxygen atoms in total. The molecule has 1 aliphatic rings. The van der Waals surface area contributed by atoms with Crippen LogP contribution in [0.15, 0.2) is 45.8 Å².